The lowest BCUT2D eigenvalue weighted by atomic mass is 10.2. The van der Waals surface area contributed by atoms with E-state index in [1.54, 1.807) is 6.92 Å². The maximum atomic E-state index is 13.5. The highest BCUT2D eigenvalue weighted by molar-refractivity contribution is 6.60. The van der Waals surface area contributed by atoms with Crippen LogP contribution in [0.15, 0.2) is 0 Å². The Morgan fingerprint density at radius 1 is 0.833 bits per heavy atom. The van der Waals surface area contributed by atoms with Crippen LogP contribution in [0, 0.1) is 29.1 Å². The van der Waals surface area contributed by atoms with Crippen molar-refractivity contribution in [2.24, 2.45) is 0 Å². The van der Waals surface area contributed by atoms with Gasteiger partial charge >= 0.3 is 8.80 Å². The van der Waals surface area contributed by atoms with Crippen LogP contribution in [0.2, 0.25) is 6.04 Å². The van der Waals surface area contributed by atoms with Gasteiger partial charge in [-0.3, -0.25) is 0 Å². The average Bonchev–Trinajstić information content (AvgIpc) is 2.59. The molecule has 0 aliphatic rings. The fourth-order valence-corrected chi connectivity index (χ4v) is 4.22. The molecule has 0 spiro atoms. The SMILES string of the molecule is CCO[Si](CCCCNc1c(F)c(F)c(F)c(F)c1F)(OC)OC. The summed E-state index contributed by atoms with van der Waals surface area (Å²) in [5, 5.41) is 2.24. The van der Waals surface area contributed by atoms with Crippen molar-refractivity contribution < 1.29 is 35.2 Å². The highest BCUT2D eigenvalue weighted by Gasteiger charge is 2.37. The molecule has 0 aliphatic heterocycles. The third-order valence-corrected chi connectivity index (χ3v) is 6.35. The molecule has 0 atom stereocenters. The van der Waals surface area contributed by atoms with Crippen LogP contribution in [0.4, 0.5) is 27.6 Å². The van der Waals surface area contributed by atoms with Crippen molar-refractivity contribution >= 4 is 14.5 Å². The van der Waals surface area contributed by atoms with Crippen LogP contribution in [0.25, 0.3) is 0 Å². The number of unbranched alkanes of at least 4 members (excludes halogenated alkanes) is 1. The standard InChI is InChI=1S/C14H20F5NO3Si/c1-4-23-24(21-2,22-3)8-6-5-7-20-14-12(18)10(16)9(15)11(17)13(14)19/h20H,4-8H2,1-3H3. The Bertz CT molecular complexity index is 529. The molecular formula is C14H20F5NO3Si. The molecule has 0 radical (unpaired) electrons. The molecule has 1 rings (SSSR count). The predicted molar refractivity (Wildman–Crippen MR) is 80.2 cm³/mol. The zero-order valence-electron chi connectivity index (χ0n) is 13.7. The summed E-state index contributed by atoms with van der Waals surface area (Å²) in [6.07, 6.45) is 0.921. The first-order valence-electron chi connectivity index (χ1n) is 7.33. The van der Waals surface area contributed by atoms with Crippen molar-refractivity contribution in [3.8, 4) is 0 Å². The molecule has 0 amide bonds. The minimum Gasteiger partial charge on any atom is -0.380 e. The number of nitrogens with one attached hydrogen (secondary N) is 1. The van der Waals surface area contributed by atoms with Crippen molar-refractivity contribution in [2.45, 2.75) is 25.8 Å². The van der Waals surface area contributed by atoms with E-state index >= 15 is 0 Å². The van der Waals surface area contributed by atoms with Gasteiger partial charge in [0.1, 0.15) is 5.69 Å². The van der Waals surface area contributed by atoms with Crippen LogP contribution >= 0.6 is 0 Å². The molecule has 138 valence electrons. The Labute approximate surface area is 138 Å². The van der Waals surface area contributed by atoms with Crippen LogP contribution < -0.4 is 5.32 Å². The number of benzene rings is 1. The fraction of sp³-hybridized carbons (Fsp3) is 0.571. The molecule has 0 unspecified atom stereocenters. The summed E-state index contributed by atoms with van der Waals surface area (Å²) in [5.74, 6) is -9.88. The molecule has 4 nitrogen and oxygen atoms in total. The molecule has 0 aromatic heterocycles. The number of hydrogen-bond acceptors (Lipinski definition) is 4. The van der Waals surface area contributed by atoms with Gasteiger partial charge in [0.05, 0.1) is 0 Å². The smallest absolute Gasteiger partial charge is 0.380 e. The van der Waals surface area contributed by atoms with Gasteiger partial charge in [0.2, 0.25) is 5.82 Å². The molecule has 0 fully saturated rings. The Morgan fingerprint density at radius 3 is 1.79 bits per heavy atom. The van der Waals surface area contributed by atoms with E-state index in [4.69, 9.17) is 13.3 Å². The number of halogens is 5. The van der Waals surface area contributed by atoms with Gasteiger partial charge in [-0.25, -0.2) is 22.0 Å². The van der Waals surface area contributed by atoms with Crippen LogP contribution in [-0.2, 0) is 13.3 Å². The van der Waals surface area contributed by atoms with Crippen LogP contribution in [0.3, 0.4) is 0 Å². The fourth-order valence-electron chi connectivity index (χ4n) is 2.14. The second-order valence-corrected chi connectivity index (χ2v) is 7.82. The highest BCUT2D eigenvalue weighted by atomic mass is 28.4. The number of anilines is 1. The minimum atomic E-state index is -2.77. The molecule has 1 N–H and O–H groups in total. The molecule has 0 heterocycles. The first-order valence-corrected chi connectivity index (χ1v) is 9.26. The van der Waals surface area contributed by atoms with Crippen molar-refractivity contribution in [1.82, 2.24) is 0 Å². The van der Waals surface area contributed by atoms with E-state index in [1.807, 2.05) is 0 Å². The zero-order valence-corrected chi connectivity index (χ0v) is 14.7. The summed E-state index contributed by atoms with van der Waals surface area (Å²) in [7, 11) is 0.176. The van der Waals surface area contributed by atoms with E-state index in [0.717, 1.165) is 0 Å². The van der Waals surface area contributed by atoms with E-state index in [0.29, 0.717) is 25.5 Å². The van der Waals surface area contributed by atoms with E-state index < -0.39 is 43.6 Å². The zero-order chi connectivity index (χ0) is 18.3. The monoisotopic (exact) mass is 373 g/mol. The van der Waals surface area contributed by atoms with Gasteiger partial charge in [0, 0.05) is 33.4 Å². The van der Waals surface area contributed by atoms with E-state index in [9.17, 15) is 22.0 Å². The molecular weight excluding hydrogens is 353 g/mol. The molecule has 1 aromatic carbocycles. The van der Waals surface area contributed by atoms with Crippen molar-refractivity contribution in [2.75, 3.05) is 32.7 Å². The van der Waals surface area contributed by atoms with E-state index in [1.165, 1.54) is 14.2 Å². The van der Waals surface area contributed by atoms with Crippen LogP contribution in [0.5, 0.6) is 0 Å². The van der Waals surface area contributed by atoms with E-state index in [-0.39, 0.29) is 6.54 Å². The summed E-state index contributed by atoms with van der Waals surface area (Å²) >= 11 is 0. The maximum Gasteiger partial charge on any atom is 0.500 e. The lowest BCUT2D eigenvalue weighted by Gasteiger charge is -2.25. The summed E-state index contributed by atoms with van der Waals surface area (Å²) in [6.45, 7) is 2.23. The van der Waals surface area contributed by atoms with Crippen molar-refractivity contribution in [3.05, 3.63) is 29.1 Å². The molecule has 0 aliphatic carbocycles. The Morgan fingerprint density at radius 2 is 1.33 bits per heavy atom. The van der Waals surface area contributed by atoms with Gasteiger partial charge in [-0.2, -0.15) is 0 Å². The third-order valence-electron chi connectivity index (χ3n) is 3.41. The first-order chi connectivity index (χ1) is 11.3. The van der Waals surface area contributed by atoms with Gasteiger partial charge in [0.25, 0.3) is 0 Å². The second kappa shape index (κ2) is 9.30. The van der Waals surface area contributed by atoms with Gasteiger partial charge < -0.3 is 18.6 Å². The molecule has 10 heteroatoms. The van der Waals surface area contributed by atoms with Gasteiger partial charge in [0.15, 0.2) is 23.3 Å². The van der Waals surface area contributed by atoms with Gasteiger partial charge in [-0.15, -0.1) is 0 Å². The minimum absolute atomic E-state index is 0.0163. The lowest BCUT2D eigenvalue weighted by Crippen LogP contribution is -2.43. The lowest BCUT2D eigenvalue weighted by molar-refractivity contribution is 0.103. The Balaban J connectivity index is 2.60. The highest BCUT2D eigenvalue weighted by Crippen LogP contribution is 2.27. The molecule has 0 bridgehead atoms. The van der Waals surface area contributed by atoms with Crippen LogP contribution in [-0.4, -0.2) is 36.2 Å². The second-order valence-electron chi connectivity index (χ2n) is 4.85. The summed E-state index contributed by atoms with van der Waals surface area (Å²) in [5.41, 5.74) is -1.03. The molecule has 0 saturated carbocycles. The quantitative estimate of drug-likeness (QED) is 0.222. The predicted octanol–water partition coefficient (Wildman–Crippen LogP) is 3.84. The van der Waals surface area contributed by atoms with Crippen LogP contribution in [0.1, 0.15) is 19.8 Å². The summed E-state index contributed by atoms with van der Waals surface area (Å²) in [4.78, 5) is 0. The summed E-state index contributed by atoms with van der Waals surface area (Å²) < 4.78 is 82.1. The van der Waals surface area contributed by atoms with Crippen molar-refractivity contribution in [3.63, 3.8) is 0 Å². The Hall–Kier alpha value is -1.23. The molecule has 1 aromatic rings. The topological polar surface area (TPSA) is 39.7 Å². The maximum absolute atomic E-state index is 13.5. The van der Waals surface area contributed by atoms with Gasteiger partial charge in [-0.1, -0.05) is 0 Å². The molecule has 0 saturated heterocycles. The third kappa shape index (κ3) is 4.65. The van der Waals surface area contributed by atoms with E-state index in [2.05, 4.69) is 5.32 Å². The number of rotatable bonds is 10. The number of hydrogen-bond donors (Lipinski definition) is 1. The average molecular weight is 373 g/mol. The molecule has 24 heavy (non-hydrogen) atoms. The summed E-state index contributed by atoms with van der Waals surface area (Å²) in [6, 6.07) is 0.465. The van der Waals surface area contributed by atoms with Crippen molar-refractivity contribution in [1.29, 1.82) is 0 Å². The largest absolute Gasteiger partial charge is 0.500 e. The first kappa shape index (κ1) is 20.8. The van der Waals surface area contributed by atoms with Gasteiger partial charge in [-0.05, 0) is 19.8 Å². The normalized spacial score (nSPS) is 11.8. The Kier molecular flexibility index (Phi) is 8.07.